The highest BCUT2D eigenvalue weighted by Crippen LogP contribution is 2.35. The molecule has 0 bridgehead atoms. The van der Waals surface area contributed by atoms with E-state index in [1.807, 2.05) is 6.07 Å². The van der Waals surface area contributed by atoms with Crippen LogP contribution in [-0.2, 0) is 4.79 Å². The first-order valence-corrected chi connectivity index (χ1v) is 7.90. The molecule has 0 aromatic heterocycles. The zero-order valence-corrected chi connectivity index (χ0v) is 14.2. The molecule has 0 saturated carbocycles. The molecule has 2 N–H and O–H groups in total. The molecule has 2 aliphatic heterocycles. The standard InChI is InChI=1S/C17H23N3O2.ClH/c1-13(21)14-3-2-4-15(9-14)19-16(22)10-20-8-6-17(12-20)5-7-18-11-17;/h2-4,9,18H,5-8,10-12H2,1H3,(H,19,22);1H. The number of hydrogen-bond donors (Lipinski definition) is 2. The van der Waals surface area contributed by atoms with E-state index in [-0.39, 0.29) is 24.1 Å². The number of amides is 1. The zero-order valence-electron chi connectivity index (χ0n) is 13.4. The minimum atomic E-state index is -0.0105. The number of Topliss-reactive ketones (excluding diaryl/α,β-unsaturated/α-hetero) is 1. The maximum absolute atomic E-state index is 12.2. The van der Waals surface area contributed by atoms with E-state index < -0.39 is 0 Å². The lowest BCUT2D eigenvalue weighted by molar-refractivity contribution is -0.117. The Morgan fingerprint density at radius 2 is 2.17 bits per heavy atom. The summed E-state index contributed by atoms with van der Waals surface area (Å²) in [6.07, 6.45) is 2.39. The number of benzene rings is 1. The average molecular weight is 338 g/mol. The molecule has 2 heterocycles. The maximum atomic E-state index is 12.2. The van der Waals surface area contributed by atoms with Crippen LogP contribution in [0.15, 0.2) is 24.3 Å². The van der Waals surface area contributed by atoms with Gasteiger partial charge in [0.25, 0.3) is 0 Å². The van der Waals surface area contributed by atoms with Gasteiger partial charge in [-0.3, -0.25) is 14.5 Å². The molecule has 126 valence electrons. The highest BCUT2D eigenvalue weighted by atomic mass is 35.5. The highest BCUT2D eigenvalue weighted by molar-refractivity contribution is 5.97. The number of carbonyl (C=O) groups excluding carboxylic acids is 2. The third-order valence-electron chi connectivity index (χ3n) is 4.77. The number of rotatable bonds is 4. The Bertz CT molecular complexity index is 585. The molecule has 23 heavy (non-hydrogen) atoms. The first-order valence-electron chi connectivity index (χ1n) is 7.90. The third kappa shape index (κ3) is 4.31. The fourth-order valence-electron chi connectivity index (χ4n) is 3.53. The normalized spacial score (nSPS) is 23.7. The number of nitrogens with one attached hydrogen (secondary N) is 2. The molecular formula is C17H24ClN3O2. The predicted octanol–water partition coefficient (Wildman–Crippen LogP) is 1.93. The van der Waals surface area contributed by atoms with Crippen LogP contribution in [0.4, 0.5) is 5.69 Å². The molecule has 1 unspecified atom stereocenters. The molecular weight excluding hydrogens is 314 g/mol. The maximum Gasteiger partial charge on any atom is 0.238 e. The Morgan fingerprint density at radius 1 is 1.35 bits per heavy atom. The predicted molar refractivity (Wildman–Crippen MR) is 93.3 cm³/mol. The molecule has 0 radical (unpaired) electrons. The second kappa shape index (κ2) is 7.43. The summed E-state index contributed by atoms with van der Waals surface area (Å²) in [7, 11) is 0. The number of anilines is 1. The summed E-state index contributed by atoms with van der Waals surface area (Å²) < 4.78 is 0. The van der Waals surface area contributed by atoms with E-state index >= 15 is 0 Å². The van der Waals surface area contributed by atoms with Crippen molar-refractivity contribution >= 4 is 29.8 Å². The first-order chi connectivity index (χ1) is 10.6. The Kier molecular flexibility index (Phi) is 5.79. The van der Waals surface area contributed by atoms with Crippen LogP contribution in [0.2, 0.25) is 0 Å². The summed E-state index contributed by atoms with van der Waals surface area (Å²) in [5.41, 5.74) is 1.69. The van der Waals surface area contributed by atoms with E-state index in [4.69, 9.17) is 0 Å². The van der Waals surface area contributed by atoms with Gasteiger partial charge in [0.05, 0.1) is 6.54 Å². The largest absolute Gasteiger partial charge is 0.325 e. The molecule has 1 spiro atoms. The van der Waals surface area contributed by atoms with Gasteiger partial charge in [-0.15, -0.1) is 12.4 Å². The van der Waals surface area contributed by atoms with Gasteiger partial charge >= 0.3 is 0 Å². The summed E-state index contributed by atoms with van der Waals surface area (Å²) in [6, 6.07) is 7.10. The van der Waals surface area contributed by atoms with E-state index in [0.29, 0.717) is 23.2 Å². The molecule has 1 atom stereocenters. The van der Waals surface area contributed by atoms with Gasteiger partial charge in [-0.05, 0) is 50.4 Å². The summed E-state index contributed by atoms with van der Waals surface area (Å²) in [5, 5.41) is 6.32. The Balaban J connectivity index is 0.00000192. The van der Waals surface area contributed by atoms with E-state index in [1.54, 1.807) is 18.2 Å². The second-order valence-corrected chi connectivity index (χ2v) is 6.57. The summed E-state index contributed by atoms with van der Waals surface area (Å²) in [6.45, 7) is 6.11. The number of nitrogens with zero attached hydrogens (tertiary/aromatic N) is 1. The number of carbonyl (C=O) groups is 2. The van der Waals surface area contributed by atoms with Crippen LogP contribution in [0.25, 0.3) is 0 Å². The van der Waals surface area contributed by atoms with Crippen molar-refractivity contribution in [1.29, 1.82) is 0 Å². The van der Waals surface area contributed by atoms with E-state index in [0.717, 1.165) is 26.2 Å². The number of halogens is 1. The number of hydrogen-bond acceptors (Lipinski definition) is 4. The molecule has 3 rings (SSSR count). The van der Waals surface area contributed by atoms with Crippen LogP contribution < -0.4 is 10.6 Å². The molecule has 1 aromatic rings. The molecule has 1 amide bonds. The lowest BCUT2D eigenvalue weighted by Gasteiger charge is -2.22. The minimum Gasteiger partial charge on any atom is -0.325 e. The van der Waals surface area contributed by atoms with Gasteiger partial charge in [0, 0.05) is 24.3 Å². The van der Waals surface area contributed by atoms with Crippen molar-refractivity contribution in [2.45, 2.75) is 19.8 Å². The SMILES string of the molecule is CC(=O)c1cccc(NC(=O)CN2CCC3(CCNC3)C2)c1.Cl. The summed E-state index contributed by atoms with van der Waals surface area (Å²) in [4.78, 5) is 25.8. The van der Waals surface area contributed by atoms with Crippen molar-refractivity contribution < 1.29 is 9.59 Å². The molecule has 1 aromatic carbocycles. The van der Waals surface area contributed by atoms with E-state index in [1.165, 1.54) is 19.8 Å². The minimum absolute atomic E-state index is 0. The summed E-state index contributed by atoms with van der Waals surface area (Å²) >= 11 is 0. The molecule has 6 heteroatoms. The van der Waals surface area contributed by atoms with Gasteiger partial charge in [0.1, 0.15) is 0 Å². The van der Waals surface area contributed by atoms with Crippen LogP contribution in [0.1, 0.15) is 30.1 Å². The molecule has 2 saturated heterocycles. The lowest BCUT2D eigenvalue weighted by Crippen LogP contribution is -2.34. The monoisotopic (exact) mass is 337 g/mol. The van der Waals surface area contributed by atoms with Crippen LogP contribution in [0, 0.1) is 5.41 Å². The van der Waals surface area contributed by atoms with Crippen molar-refractivity contribution in [3.63, 3.8) is 0 Å². The molecule has 0 aliphatic carbocycles. The Labute approximate surface area is 143 Å². The van der Waals surface area contributed by atoms with Crippen LogP contribution in [-0.4, -0.2) is 49.3 Å². The zero-order chi connectivity index (χ0) is 15.6. The fourth-order valence-corrected chi connectivity index (χ4v) is 3.53. The van der Waals surface area contributed by atoms with E-state index in [9.17, 15) is 9.59 Å². The van der Waals surface area contributed by atoms with Gasteiger partial charge in [-0.25, -0.2) is 0 Å². The molecule has 2 fully saturated rings. The van der Waals surface area contributed by atoms with Gasteiger partial charge in [0.2, 0.25) is 5.91 Å². The third-order valence-corrected chi connectivity index (χ3v) is 4.77. The van der Waals surface area contributed by atoms with Crippen molar-refractivity contribution in [3.8, 4) is 0 Å². The smallest absolute Gasteiger partial charge is 0.238 e. The van der Waals surface area contributed by atoms with Crippen LogP contribution >= 0.6 is 12.4 Å². The number of ketones is 1. The van der Waals surface area contributed by atoms with E-state index in [2.05, 4.69) is 15.5 Å². The summed E-state index contributed by atoms with van der Waals surface area (Å²) in [5.74, 6) is -0.00461. The quantitative estimate of drug-likeness (QED) is 0.824. The van der Waals surface area contributed by atoms with Crippen molar-refractivity contribution in [2.75, 3.05) is 38.0 Å². The average Bonchev–Trinajstić information content (AvgIpc) is 3.09. The Hall–Kier alpha value is -1.43. The first kappa shape index (κ1) is 17.9. The molecule has 2 aliphatic rings. The lowest BCUT2D eigenvalue weighted by atomic mass is 9.87. The van der Waals surface area contributed by atoms with Crippen LogP contribution in [0.3, 0.4) is 0 Å². The fraction of sp³-hybridized carbons (Fsp3) is 0.529. The van der Waals surface area contributed by atoms with Crippen LogP contribution in [0.5, 0.6) is 0 Å². The van der Waals surface area contributed by atoms with Crippen molar-refractivity contribution in [1.82, 2.24) is 10.2 Å². The Morgan fingerprint density at radius 3 is 2.87 bits per heavy atom. The topological polar surface area (TPSA) is 61.4 Å². The molecule has 5 nitrogen and oxygen atoms in total. The van der Waals surface area contributed by atoms with Gasteiger partial charge < -0.3 is 10.6 Å². The van der Waals surface area contributed by atoms with Gasteiger partial charge in [0.15, 0.2) is 5.78 Å². The number of likely N-dealkylation sites (tertiary alicyclic amines) is 1. The second-order valence-electron chi connectivity index (χ2n) is 6.57. The van der Waals surface area contributed by atoms with Crippen molar-refractivity contribution in [2.24, 2.45) is 5.41 Å². The van der Waals surface area contributed by atoms with Crippen molar-refractivity contribution in [3.05, 3.63) is 29.8 Å². The van der Waals surface area contributed by atoms with Gasteiger partial charge in [-0.2, -0.15) is 0 Å². The van der Waals surface area contributed by atoms with Gasteiger partial charge in [-0.1, -0.05) is 12.1 Å². The highest BCUT2D eigenvalue weighted by Gasteiger charge is 2.40.